The van der Waals surface area contributed by atoms with Gasteiger partial charge in [-0.3, -0.25) is 4.98 Å². The average molecular weight is 345 g/mol. The summed E-state index contributed by atoms with van der Waals surface area (Å²) in [5.74, 6) is 0.0994. The first kappa shape index (κ1) is 16.3. The zero-order valence-electron chi connectivity index (χ0n) is 12.8. The van der Waals surface area contributed by atoms with E-state index in [0.29, 0.717) is 21.0 Å². The highest BCUT2D eigenvalue weighted by Gasteiger charge is 2.21. The van der Waals surface area contributed by atoms with Gasteiger partial charge in [0.2, 0.25) is 0 Å². The van der Waals surface area contributed by atoms with E-state index in [2.05, 4.69) is 16.0 Å². The largest absolute Gasteiger partial charge is 0.507 e. The number of nitrogens with zero attached hydrogens (tertiary/aromatic N) is 4. The highest BCUT2D eigenvalue weighted by Crippen LogP contribution is 2.40. The fourth-order valence-corrected chi connectivity index (χ4v) is 3.24. The second-order valence-electron chi connectivity index (χ2n) is 4.96. The van der Waals surface area contributed by atoms with Crippen molar-refractivity contribution in [2.75, 3.05) is 5.73 Å². The van der Waals surface area contributed by atoms with Gasteiger partial charge in [0, 0.05) is 23.5 Å². The van der Waals surface area contributed by atoms with Crippen LogP contribution in [0.3, 0.4) is 0 Å². The summed E-state index contributed by atoms with van der Waals surface area (Å²) in [6, 6.07) is 14.3. The molecule has 0 amide bonds. The molecule has 3 N–H and O–H groups in total. The molecule has 25 heavy (non-hydrogen) atoms. The van der Waals surface area contributed by atoms with E-state index in [-0.39, 0.29) is 22.7 Å². The van der Waals surface area contributed by atoms with Crippen LogP contribution in [0.2, 0.25) is 0 Å². The predicted molar refractivity (Wildman–Crippen MR) is 93.5 cm³/mol. The summed E-state index contributed by atoms with van der Waals surface area (Å²) in [5, 5.41) is 29.4. The lowest BCUT2D eigenvalue weighted by Gasteiger charge is -2.13. The van der Waals surface area contributed by atoms with Crippen LogP contribution in [0.5, 0.6) is 5.75 Å². The minimum absolute atomic E-state index is 0.0262. The maximum absolute atomic E-state index is 9.97. The van der Waals surface area contributed by atoms with Crippen molar-refractivity contribution in [3.63, 3.8) is 0 Å². The van der Waals surface area contributed by atoms with Gasteiger partial charge in [0.1, 0.15) is 34.3 Å². The number of nitriles is 2. The fraction of sp³-hybridized carbons (Fsp3) is 0. The first-order chi connectivity index (χ1) is 12.2. The zero-order chi connectivity index (χ0) is 17.8. The number of para-hydroxylation sites is 1. The normalized spacial score (nSPS) is 10.0. The number of phenols is 1. The van der Waals surface area contributed by atoms with E-state index in [0.717, 1.165) is 11.8 Å². The molecule has 0 saturated carbocycles. The van der Waals surface area contributed by atoms with Crippen LogP contribution >= 0.6 is 11.8 Å². The van der Waals surface area contributed by atoms with Crippen molar-refractivity contribution < 1.29 is 5.11 Å². The van der Waals surface area contributed by atoms with Gasteiger partial charge >= 0.3 is 0 Å². The smallest absolute Gasteiger partial charge is 0.143 e. The second kappa shape index (κ2) is 6.91. The van der Waals surface area contributed by atoms with Gasteiger partial charge in [-0.05, 0) is 18.2 Å². The number of nitrogen functional groups attached to an aromatic ring is 1. The zero-order valence-corrected chi connectivity index (χ0v) is 13.7. The molecule has 0 fully saturated rings. The molecule has 1 aromatic carbocycles. The summed E-state index contributed by atoms with van der Waals surface area (Å²) in [7, 11) is 0. The molecule has 3 rings (SSSR count). The number of hydrogen-bond acceptors (Lipinski definition) is 7. The highest BCUT2D eigenvalue weighted by molar-refractivity contribution is 7.99. The quantitative estimate of drug-likeness (QED) is 0.747. The topological polar surface area (TPSA) is 120 Å². The van der Waals surface area contributed by atoms with Crippen LogP contribution in [-0.2, 0) is 0 Å². The van der Waals surface area contributed by atoms with Crippen molar-refractivity contribution in [2.45, 2.75) is 9.92 Å². The van der Waals surface area contributed by atoms with Gasteiger partial charge in [-0.2, -0.15) is 10.5 Å². The Balaban J connectivity index is 2.25. The summed E-state index contributed by atoms with van der Waals surface area (Å²) in [5.41, 5.74) is 7.28. The molecule has 0 aliphatic carbocycles. The number of nitrogens with two attached hydrogens (primary N) is 1. The predicted octanol–water partition coefficient (Wildman–Crippen LogP) is 3.33. The van der Waals surface area contributed by atoms with Crippen molar-refractivity contribution >= 4 is 17.6 Å². The Labute approximate surface area is 148 Å². The first-order valence-electron chi connectivity index (χ1n) is 7.15. The van der Waals surface area contributed by atoms with Crippen LogP contribution < -0.4 is 5.73 Å². The highest BCUT2D eigenvalue weighted by atomic mass is 32.2. The van der Waals surface area contributed by atoms with Crippen LogP contribution in [0.25, 0.3) is 11.1 Å². The Bertz CT molecular complexity index is 1020. The lowest BCUT2D eigenvalue weighted by atomic mass is 9.98. The van der Waals surface area contributed by atoms with E-state index in [9.17, 15) is 15.6 Å². The van der Waals surface area contributed by atoms with Gasteiger partial charge in [0.25, 0.3) is 0 Å². The third-order valence-electron chi connectivity index (χ3n) is 3.44. The number of hydrogen-bond donors (Lipinski definition) is 2. The molecular weight excluding hydrogens is 334 g/mol. The summed E-state index contributed by atoms with van der Waals surface area (Å²) >= 11 is 1.11. The van der Waals surface area contributed by atoms with Gasteiger partial charge in [-0.15, -0.1) is 0 Å². The summed E-state index contributed by atoms with van der Waals surface area (Å²) in [6.45, 7) is 0. The second-order valence-corrected chi connectivity index (χ2v) is 5.99. The molecule has 2 aromatic heterocycles. The molecule has 120 valence electrons. The first-order valence-corrected chi connectivity index (χ1v) is 7.97. The van der Waals surface area contributed by atoms with E-state index in [1.54, 1.807) is 48.8 Å². The lowest BCUT2D eigenvalue weighted by molar-refractivity contribution is 0.462. The Morgan fingerprint density at radius 2 is 1.80 bits per heavy atom. The monoisotopic (exact) mass is 345 g/mol. The molecule has 3 aromatic rings. The molecule has 0 unspecified atom stereocenters. The molecule has 7 heteroatoms. The van der Waals surface area contributed by atoms with Gasteiger partial charge in [-0.25, -0.2) is 4.98 Å². The molecule has 0 aliphatic rings. The Morgan fingerprint density at radius 3 is 2.44 bits per heavy atom. The molecule has 0 aliphatic heterocycles. The average Bonchev–Trinajstić information content (AvgIpc) is 2.64. The maximum atomic E-state index is 9.97. The van der Waals surface area contributed by atoms with Crippen molar-refractivity contribution in [1.82, 2.24) is 9.97 Å². The van der Waals surface area contributed by atoms with Crippen LogP contribution in [0, 0.1) is 22.7 Å². The van der Waals surface area contributed by atoms with Crippen molar-refractivity contribution in [3.05, 3.63) is 59.9 Å². The van der Waals surface area contributed by atoms with E-state index >= 15 is 0 Å². The van der Waals surface area contributed by atoms with Crippen LogP contribution in [-0.4, -0.2) is 15.1 Å². The molecule has 0 atom stereocenters. The fourth-order valence-electron chi connectivity index (χ4n) is 2.32. The Morgan fingerprint density at radius 1 is 1.04 bits per heavy atom. The Hall–Kier alpha value is -3.55. The van der Waals surface area contributed by atoms with E-state index in [1.807, 2.05) is 6.07 Å². The number of pyridine rings is 2. The molecule has 0 saturated heterocycles. The van der Waals surface area contributed by atoms with Crippen molar-refractivity contribution in [3.8, 4) is 29.0 Å². The summed E-state index contributed by atoms with van der Waals surface area (Å²) in [4.78, 5) is 8.78. The number of phenolic OH excluding ortho intramolecular Hbond substituents is 1. The molecule has 0 spiro atoms. The number of rotatable bonds is 3. The van der Waals surface area contributed by atoms with Gasteiger partial charge < -0.3 is 10.8 Å². The van der Waals surface area contributed by atoms with Crippen LogP contribution in [0.4, 0.5) is 5.82 Å². The number of aromatic nitrogens is 2. The molecular formula is C18H11N5OS. The van der Waals surface area contributed by atoms with E-state index in [4.69, 9.17) is 5.73 Å². The van der Waals surface area contributed by atoms with Gasteiger partial charge in [0.05, 0.1) is 10.5 Å². The van der Waals surface area contributed by atoms with E-state index < -0.39 is 0 Å². The maximum Gasteiger partial charge on any atom is 0.143 e. The number of aromatic hydroxyl groups is 1. The SMILES string of the molecule is N#Cc1c(N)nc(Sc2ccccc2O)c(C#N)c1-c1cccnc1. The minimum atomic E-state index is 0.0262. The third-order valence-corrected chi connectivity index (χ3v) is 4.49. The number of benzene rings is 1. The van der Waals surface area contributed by atoms with Gasteiger partial charge in [-0.1, -0.05) is 30.0 Å². The molecule has 2 heterocycles. The molecule has 0 radical (unpaired) electrons. The summed E-state index contributed by atoms with van der Waals surface area (Å²) < 4.78 is 0. The Kier molecular flexibility index (Phi) is 4.51. The summed E-state index contributed by atoms with van der Waals surface area (Å²) in [6.07, 6.45) is 3.16. The van der Waals surface area contributed by atoms with Crippen molar-refractivity contribution in [2.24, 2.45) is 0 Å². The standard InChI is InChI=1S/C18H11N5OS/c19-8-12-16(11-4-3-7-22-10-11)13(9-20)18(23-17(12)21)25-15-6-2-1-5-14(15)24/h1-7,10,24H,(H2,21,23). The van der Waals surface area contributed by atoms with E-state index in [1.165, 1.54) is 0 Å². The third kappa shape index (κ3) is 3.09. The lowest BCUT2D eigenvalue weighted by Crippen LogP contribution is -2.03. The van der Waals surface area contributed by atoms with Crippen LogP contribution in [0.15, 0.2) is 58.7 Å². The minimum Gasteiger partial charge on any atom is -0.507 e. The molecule has 6 nitrogen and oxygen atoms in total. The molecule has 0 bridgehead atoms. The van der Waals surface area contributed by atoms with Crippen molar-refractivity contribution in [1.29, 1.82) is 10.5 Å². The van der Waals surface area contributed by atoms with Crippen LogP contribution in [0.1, 0.15) is 11.1 Å². The number of anilines is 1. The van der Waals surface area contributed by atoms with Gasteiger partial charge in [0.15, 0.2) is 0 Å².